The molecule has 0 fully saturated rings. The normalized spacial score (nSPS) is 12.1. The number of rotatable bonds is 5. The van der Waals surface area contributed by atoms with E-state index in [-0.39, 0.29) is 17.7 Å². The molecule has 3 aromatic carbocycles. The van der Waals surface area contributed by atoms with Gasteiger partial charge in [0.25, 0.3) is 0 Å². The molecule has 0 aromatic heterocycles. The zero-order valence-corrected chi connectivity index (χ0v) is 14.6. The number of hydrogen-bond donors (Lipinski definition) is 2. The van der Waals surface area contributed by atoms with E-state index >= 15 is 0 Å². The predicted molar refractivity (Wildman–Crippen MR) is 102 cm³/mol. The average molecular weight is 333 g/mol. The monoisotopic (exact) mass is 333 g/mol. The number of aromatic hydroxyl groups is 1. The Morgan fingerprint density at radius 3 is 2.48 bits per heavy atom. The highest BCUT2D eigenvalue weighted by atomic mass is 16.3. The van der Waals surface area contributed by atoms with Crippen LogP contribution in [-0.2, 0) is 4.79 Å². The van der Waals surface area contributed by atoms with Crippen LogP contribution in [0.2, 0.25) is 0 Å². The van der Waals surface area contributed by atoms with E-state index in [0.717, 1.165) is 33.9 Å². The molecule has 1 unspecified atom stereocenters. The van der Waals surface area contributed by atoms with Crippen LogP contribution >= 0.6 is 0 Å². The maximum atomic E-state index is 12.3. The molecule has 0 saturated heterocycles. The summed E-state index contributed by atoms with van der Waals surface area (Å²) in [5.74, 6) is 0.182. The molecule has 3 nitrogen and oxygen atoms in total. The summed E-state index contributed by atoms with van der Waals surface area (Å²) in [6, 6.07) is 19.2. The van der Waals surface area contributed by atoms with Crippen LogP contribution in [0.25, 0.3) is 10.8 Å². The van der Waals surface area contributed by atoms with E-state index in [0.29, 0.717) is 6.42 Å². The molecule has 2 N–H and O–H groups in total. The minimum absolute atomic E-state index is 0.0135. The zero-order valence-electron chi connectivity index (χ0n) is 14.6. The number of phenols is 1. The number of fused-ring (bicyclic) bond motifs is 1. The first kappa shape index (κ1) is 17.0. The van der Waals surface area contributed by atoms with Gasteiger partial charge in [-0.25, -0.2) is 0 Å². The van der Waals surface area contributed by atoms with Crippen molar-refractivity contribution in [1.82, 2.24) is 5.32 Å². The lowest BCUT2D eigenvalue weighted by Gasteiger charge is -2.23. The van der Waals surface area contributed by atoms with Crippen LogP contribution in [0, 0.1) is 6.92 Å². The number of benzene rings is 3. The van der Waals surface area contributed by atoms with Gasteiger partial charge in [0.15, 0.2) is 0 Å². The Balaban J connectivity index is 2.15. The first-order chi connectivity index (χ1) is 12.1. The number of amides is 1. The van der Waals surface area contributed by atoms with Gasteiger partial charge in [-0.3, -0.25) is 4.79 Å². The highest BCUT2D eigenvalue weighted by Crippen LogP contribution is 2.36. The Morgan fingerprint density at radius 2 is 1.76 bits per heavy atom. The summed E-state index contributed by atoms with van der Waals surface area (Å²) in [7, 11) is 0. The molecule has 3 rings (SSSR count). The topological polar surface area (TPSA) is 49.3 Å². The largest absolute Gasteiger partial charge is 0.508 e. The maximum absolute atomic E-state index is 12.3. The summed E-state index contributed by atoms with van der Waals surface area (Å²) in [5.41, 5.74) is 2.86. The summed E-state index contributed by atoms with van der Waals surface area (Å²) in [5, 5.41) is 15.7. The molecule has 1 atom stereocenters. The van der Waals surface area contributed by atoms with Crippen molar-refractivity contribution in [2.75, 3.05) is 0 Å². The fourth-order valence-corrected chi connectivity index (χ4v) is 3.13. The Kier molecular flexibility index (Phi) is 5.03. The SMILES string of the molecule is CCCC(=O)NC(c1ccc(C)cc1)c1c(O)ccc2ccccc12. The van der Waals surface area contributed by atoms with Crippen LogP contribution in [0.15, 0.2) is 60.7 Å². The van der Waals surface area contributed by atoms with E-state index in [9.17, 15) is 9.90 Å². The molecule has 3 aromatic rings. The lowest BCUT2D eigenvalue weighted by atomic mass is 9.92. The van der Waals surface area contributed by atoms with Crippen molar-refractivity contribution in [3.05, 3.63) is 77.4 Å². The van der Waals surface area contributed by atoms with Gasteiger partial charge in [-0.1, -0.05) is 67.1 Å². The molecule has 0 saturated carbocycles. The molecule has 3 heteroatoms. The highest BCUT2D eigenvalue weighted by molar-refractivity contribution is 5.89. The Hall–Kier alpha value is -2.81. The molecule has 0 spiro atoms. The van der Waals surface area contributed by atoms with E-state index in [1.165, 1.54) is 0 Å². The minimum atomic E-state index is -0.384. The molecule has 0 aliphatic carbocycles. The van der Waals surface area contributed by atoms with Crippen LogP contribution < -0.4 is 5.32 Å². The average Bonchev–Trinajstić information content (AvgIpc) is 2.61. The van der Waals surface area contributed by atoms with Gasteiger partial charge in [-0.05, 0) is 35.7 Å². The van der Waals surface area contributed by atoms with Gasteiger partial charge in [0, 0.05) is 12.0 Å². The van der Waals surface area contributed by atoms with Gasteiger partial charge in [-0.15, -0.1) is 0 Å². The summed E-state index contributed by atoms with van der Waals surface area (Å²) in [6.07, 6.45) is 1.25. The number of nitrogens with one attached hydrogen (secondary N) is 1. The van der Waals surface area contributed by atoms with Crippen LogP contribution in [0.5, 0.6) is 5.75 Å². The van der Waals surface area contributed by atoms with Crippen molar-refractivity contribution >= 4 is 16.7 Å². The standard InChI is InChI=1S/C22H23NO2/c1-3-6-20(25)23-22(17-11-9-15(2)10-12-17)21-18-8-5-4-7-16(18)13-14-19(21)24/h4-5,7-14,22,24H,3,6H2,1-2H3,(H,23,25). The number of carbonyl (C=O) groups is 1. The van der Waals surface area contributed by atoms with Crippen molar-refractivity contribution in [3.63, 3.8) is 0 Å². The van der Waals surface area contributed by atoms with Crippen molar-refractivity contribution < 1.29 is 9.90 Å². The Labute approximate surface area is 148 Å². The summed E-state index contributed by atoms with van der Waals surface area (Å²) in [4.78, 5) is 12.3. The fourth-order valence-electron chi connectivity index (χ4n) is 3.13. The Morgan fingerprint density at radius 1 is 1.04 bits per heavy atom. The second-order valence-electron chi connectivity index (χ2n) is 6.38. The van der Waals surface area contributed by atoms with Crippen molar-refractivity contribution in [2.24, 2.45) is 0 Å². The van der Waals surface area contributed by atoms with Crippen molar-refractivity contribution in [1.29, 1.82) is 0 Å². The van der Waals surface area contributed by atoms with Crippen LogP contribution in [-0.4, -0.2) is 11.0 Å². The molecular weight excluding hydrogens is 310 g/mol. The van der Waals surface area contributed by atoms with E-state index in [1.807, 2.05) is 68.4 Å². The van der Waals surface area contributed by atoms with E-state index in [1.54, 1.807) is 6.07 Å². The minimum Gasteiger partial charge on any atom is -0.508 e. The second kappa shape index (κ2) is 7.39. The number of phenolic OH excluding ortho intramolecular Hbond substituents is 1. The Bertz CT molecular complexity index is 884. The molecule has 25 heavy (non-hydrogen) atoms. The van der Waals surface area contributed by atoms with E-state index in [2.05, 4.69) is 5.32 Å². The van der Waals surface area contributed by atoms with Gasteiger partial charge in [-0.2, -0.15) is 0 Å². The highest BCUT2D eigenvalue weighted by Gasteiger charge is 2.22. The quantitative estimate of drug-likeness (QED) is 0.700. The predicted octanol–water partition coefficient (Wildman–Crippen LogP) is 4.86. The van der Waals surface area contributed by atoms with Crippen LogP contribution in [0.4, 0.5) is 0 Å². The van der Waals surface area contributed by atoms with Crippen LogP contribution in [0.1, 0.15) is 42.5 Å². The molecule has 0 radical (unpaired) electrons. The molecule has 0 bridgehead atoms. The smallest absolute Gasteiger partial charge is 0.220 e. The summed E-state index contributed by atoms with van der Waals surface area (Å²) in [6.45, 7) is 4.01. The molecule has 1 amide bonds. The van der Waals surface area contributed by atoms with Crippen molar-refractivity contribution in [3.8, 4) is 5.75 Å². The summed E-state index contributed by atoms with van der Waals surface area (Å²) >= 11 is 0. The zero-order chi connectivity index (χ0) is 17.8. The van der Waals surface area contributed by atoms with Gasteiger partial charge >= 0.3 is 0 Å². The molecule has 0 aliphatic heterocycles. The maximum Gasteiger partial charge on any atom is 0.220 e. The molecular formula is C22H23NO2. The third-order valence-electron chi connectivity index (χ3n) is 4.43. The fraction of sp³-hybridized carbons (Fsp3) is 0.227. The van der Waals surface area contributed by atoms with Crippen molar-refractivity contribution in [2.45, 2.75) is 32.7 Å². The number of hydrogen-bond acceptors (Lipinski definition) is 2. The third-order valence-corrected chi connectivity index (χ3v) is 4.43. The second-order valence-corrected chi connectivity index (χ2v) is 6.38. The van der Waals surface area contributed by atoms with E-state index in [4.69, 9.17) is 0 Å². The van der Waals surface area contributed by atoms with E-state index < -0.39 is 0 Å². The third kappa shape index (κ3) is 3.66. The molecule has 128 valence electrons. The summed E-state index contributed by atoms with van der Waals surface area (Å²) < 4.78 is 0. The molecule has 0 aliphatic rings. The molecule has 0 heterocycles. The first-order valence-corrected chi connectivity index (χ1v) is 8.66. The number of carbonyl (C=O) groups excluding carboxylic acids is 1. The lowest BCUT2D eigenvalue weighted by molar-refractivity contribution is -0.121. The van der Waals surface area contributed by atoms with Gasteiger partial charge in [0.05, 0.1) is 6.04 Å². The van der Waals surface area contributed by atoms with Gasteiger partial charge < -0.3 is 10.4 Å². The van der Waals surface area contributed by atoms with Gasteiger partial charge in [0.1, 0.15) is 5.75 Å². The van der Waals surface area contributed by atoms with Gasteiger partial charge in [0.2, 0.25) is 5.91 Å². The van der Waals surface area contributed by atoms with Crippen LogP contribution in [0.3, 0.4) is 0 Å². The first-order valence-electron chi connectivity index (χ1n) is 8.66. The number of aryl methyl sites for hydroxylation is 1. The lowest BCUT2D eigenvalue weighted by Crippen LogP contribution is -2.29.